The third-order valence-electron chi connectivity index (χ3n) is 2.64. The summed E-state index contributed by atoms with van der Waals surface area (Å²) in [6.07, 6.45) is 0. The molecule has 0 heterocycles. The number of rotatable bonds is 4. The summed E-state index contributed by atoms with van der Waals surface area (Å²) in [7, 11) is 0. The number of hydrogen-bond donors (Lipinski definition) is 0. The van der Waals surface area contributed by atoms with E-state index in [2.05, 4.69) is 0 Å². The van der Waals surface area contributed by atoms with Crippen LogP contribution in [0.4, 0.5) is 8.78 Å². The molecule has 0 aliphatic rings. The summed E-state index contributed by atoms with van der Waals surface area (Å²) in [6.45, 7) is 0.329. The lowest BCUT2D eigenvalue weighted by molar-refractivity contribution is 0.105. The number of ether oxygens (including phenoxy) is 1. The number of halogens is 2. The summed E-state index contributed by atoms with van der Waals surface area (Å²) in [5.41, 5.74) is 1.12. The van der Waals surface area contributed by atoms with Crippen molar-refractivity contribution >= 4 is 0 Å². The lowest BCUT2D eigenvalue weighted by atomic mass is 10.1. The van der Waals surface area contributed by atoms with E-state index in [9.17, 15) is 8.78 Å². The van der Waals surface area contributed by atoms with Crippen LogP contribution in [0.3, 0.4) is 0 Å². The molecule has 0 saturated carbocycles. The first-order valence-electron chi connectivity index (χ1n) is 5.70. The fourth-order valence-electron chi connectivity index (χ4n) is 1.64. The summed E-state index contributed by atoms with van der Waals surface area (Å²) in [4.78, 5) is 0. The Morgan fingerprint density at radius 1 is 1.00 bits per heavy atom. The summed E-state index contributed by atoms with van der Waals surface area (Å²) >= 11 is 0. The summed E-state index contributed by atoms with van der Waals surface area (Å²) < 4.78 is 31.8. The molecule has 0 atom stereocenters. The highest BCUT2D eigenvalue weighted by atomic mass is 19.1. The zero-order valence-corrected chi connectivity index (χ0v) is 10.1. The smallest absolute Gasteiger partial charge is 0.140 e. The fraction of sp³-hybridized carbons (Fsp3) is 0.133. The van der Waals surface area contributed by atoms with Gasteiger partial charge in [0.1, 0.15) is 17.7 Å². The molecule has 0 fully saturated rings. The van der Waals surface area contributed by atoms with Crippen LogP contribution in [0.1, 0.15) is 16.7 Å². The fourth-order valence-corrected chi connectivity index (χ4v) is 1.64. The molecule has 0 amide bonds. The van der Waals surface area contributed by atoms with Gasteiger partial charge in [0.25, 0.3) is 0 Å². The van der Waals surface area contributed by atoms with E-state index in [1.807, 2.05) is 0 Å². The van der Waals surface area contributed by atoms with Gasteiger partial charge in [-0.2, -0.15) is 5.26 Å². The van der Waals surface area contributed by atoms with Crippen LogP contribution in [-0.2, 0) is 18.0 Å². The Hall–Kier alpha value is -2.25. The van der Waals surface area contributed by atoms with Gasteiger partial charge in [-0.1, -0.05) is 24.3 Å². The van der Waals surface area contributed by atoms with E-state index in [4.69, 9.17) is 10.00 Å². The van der Waals surface area contributed by atoms with Gasteiger partial charge in [0.2, 0.25) is 0 Å². The topological polar surface area (TPSA) is 33.0 Å². The van der Waals surface area contributed by atoms with Crippen LogP contribution in [0.2, 0.25) is 0 Å². The second-order valence-electron chi connectivity index (χ2n) is 4.01. The molecule has 2 nitrogen and oxygen atoms in total. The van der Waals surface area contributed by atoms with Gasteiger partial charge in [-0.3, -0.25) is 0 Å². The molecule has 0 aliphatic carbocycles. The van der Waals surface area contributed by atoms with E-state index in [1.165, 1.54) is 24.3 Å². The molecule has 0 spiro atoms. The zero-order chi connectivity index (χ0) is 13.7. The minimum atomic E-state index is -0.555. The molecular weight excluding hydrogens is 248 g/mol. The Bertz CT molecular complexity index is 620. The van der Waals surface area contributed by atoms with Crippen molar-refractivity contribution in [2.75, 3.05) is 0 Å². The molecule has 96 valence electrons. The van der Waals surface area contributed by atoms with Gasteiger partial charge in [0, 0.05) is 5.56 Å². The molecule has 0 radical (unpaired) electrons. The largest absolute Gasteiger partial charge is 0.372 e. The van der Waals surface area contributed by atoms with Crippen molar-refractivity contribution in [3.05, 3.63) is 70.8 Å². The molecule has 0 saturated heterocycles. The lowest BCUT2D eigenvalue weighted by Crippen LogP contribution is -1.97. The van der Waals surface area contributed by atoms with E-state index in [-0.39, 0.29) is 24.6 Å². The highest BCUT2D eigenvalue weighted by molar-refractivity contribution is 5.34. The van der Waals surface area contributed by atoms with Crippen molar-refractivity contribution in [1.29, 1.82) is 5.26 Å². The van der Waals surface area contributed by atoms with Gasteiger partial charge in [-0.25, -0.2) is 8.78 Å². The zero-order valence-electron chi connectivity index (χ0n) is 10.1. The van der Waals surface area contributed by atoms with Crippen molar-refractivity contribution in [3.8, 4) is 6.07 Å². The Balaban J connectivity index is 1.97. The van der Waals surface area contributed by atoms with Gasteiger partial charge in [-0.15, -0.1) is 0 Å². The average molecular weight is 259 g/mol. The standard InChI is InChI=1S/C15H11F2NO/c16-14-4-2-1-3-12(14)10-19-9-11-5-6-15(17)13(7-11)8-18/h1-7H,9-10H2. The Kier molecular flexibility index (Phi) is 4.22. The first-order chi connectivity index (χ1) is 9.20. The SMILES string of the molecule is N#Cc1cc(COCc2ccccc2F)ccc1F. The van der Waals surface area contributed by atoms with Gasteiger partial charge < -0.3 is 4.74 Å². The maximum absolute atomic E-state index is 13.3. The van der Waals surface area contributed by atoms with E-state index < -0.39 is 5.82 Å². The van der Waals surface area contributed by atoms with Gasteiger partial charge in [0.05, 0.1) is 18.8 Å². The lowest BCUT2D eigenvalue weighted by Gasteiger charge is -2.06. The summed E-state index contributed by atoms with van der Waals surface area (Å²) in [6, 6.07) is 12.3. The van der Waals surface area contributed by atoms with E-state index in [1.54, 1.807) is 24.3 Å². The highest BCUT2D eigenvalue weighted by Crippen LogP contribution is 2.12. The molecule has 0 aromatic heterocycles. The highest BCUT2D eigenvalue weighted by Gasteiger charge is 2.04. The second kappa shape index (κ2) is 6.07. The predicted octanol–water partition coefficient (Wildman–Crippen LogP) is 3.55. The summed E-state index contributed by atoms with van der Waals surface area (Å²) in [5, 5.41) is 8.70. The monoisotopic (exact) mass is 259 g/mol. The Morgan fingerprint density at radius 2 is 1.79 bits per heavy atom. The van der Waals surface area contributed by atoms with Crippen molar-refractivity contribution in [1.82, 2.24) is 0 Å². The van der Waals surface area contributed by atoms with E-state index in [0.29, 0.717) is 11.1 Å². The maximum Gasteiger partial charge on any atom is 0.140 e. The molecule has 0 aliphatic heterocycles. The predicted molar refractivity (Wildman–Crippen MR) is 66.0 cm³/mol. The van der Waals surface area contributed by atoms with Crippen LogP contribution in [0.5, 0.6) is 0 Å². The molecule has 0 unspecified atom stereocenters. The van der Waals surface area contributed by atoms with E-state index in [0.717, 1.165) is 0 Å². The van der Waals surface area contributed by atoms with Crippen LogP contribution < -0.4 is 0 Å². The molecule has 19 heavy (non-hydrogen) atoms. The van der Waals surface area contributed by atoms with Crippen molar-refractivity contribution in [2.45, 2.75) is 13.2 Å². The van der Waals surface area contributed by atoms with E-state index >= 15 is 0 Å². The number of nitriles is 1. The average Bonchev–Trinajstić information content (AvgIpc) is 2.43. The molecular formula is C15H11F2NO. The molecule has 2 aromatic rings. The van der Waals surface area contributed by atoms with Crippen molar-refractivity contribution < 1.29 is 13.5 Å². The third kappa shape index (κ3) is 3.36. The first kappa shape index (κ1) is 13.2. The molecule has 0 bridgehead atoms. The molecule has 2 rings (SSSR count). The van der Waals surface area contributed by atoms with Crippen LogP contribution >= 0.6 is 0 Å². The molecule has 2 aromatic carbocycles. The first-order valence-corrected chi connectivity index (χ1v) is 5.70. The van der Waals surface area contributed by atoms with Crippen LogP contribution in [0.15, 0.2) is 42.5 Å². The molecule has 0 N–H and O–H groups in total. The van der Waals surface area contributed by atoms with Crippen LogP contribution in [0, 0.1) is 23.0 Å². The minimum Gasteiger partial charge on any atom is -0.372 e. The quantitative estimate of drug-likeness (QED) is 0.841. The Morgan fingerprint density at radius 3 is 2.53 bits per heavy atom. The van der Waals surface area contributed by atoms with Crippen LogP contribution in [-0.4, -0.2) is 0 Å². The van der Waals surface area contributed by atoms with Gasteiger partial charge >= 0.3 is 0 Å². The second-order valence-corrected chi connectivity index (χ2v) is 4.01. The van der Waals surface area contributed by atoms with Crippen molar-refractivity contribution in [2.24, 2.45) is 0 Å². The van der Waals surface area contributed by atoms with Crippen LogP contribution in [0.25, 0.3) is 0 Å². The normalized spacial score (nSPS) is 10.2. The minimum absolute atomic E-state index is 0.0213. The number of nitrogens with zero attached hydrogens (tertiary/aromatic N) is 1. The number of hydrogen-bond acceptors (Lipinski definition) is 2. The van der Waals surface area contributed by atoms with Gasteiger partial charge in [-0.05, 0) is 23.8 Å². The summed E-state index contributed by atoms with van der Waals surface area (Å²) in [5.74, 6) is -0.875. The van der Waals surface area contributed by atoms with Crippen molar-refractivity contribution in [3.63, 3.8) is 0 Å². The maximum atomic E-state index is 13.3. The number of benzene rings is 2. The Labute approximate surface area is 109 Å². The van der Waals surface area contributed by atoms with Gasteiger partial charge in [0.15, 0.2) is 0 Å². The third-order valence-corrected chi connectivity index (χ3v) is 2.64. The molecule has 4 heteroatoms.